The Morgan fingerprint density at radius 2 is 1.95 bits per heavy atom. The highest BCUT2D eigenvalue weighted by atomic mass is 16.5. The van der Waals surface area contributed by atoms with Gasteiger partial charge in [0.05, 0.1) is 7.11 Å². The van der Waals surface area contributed by atoms with Crippen LogP contribution in [0, 0.1) is 5.92 Å². The summed E-state index contributed by atoms with van der Waals surface area (Å²) in [6.45, 7) is 5.72. The molecule has 0 saturated carbocycles. The molecule has 2 N–H and O–H groups in total. The lowest BCUT2D eigenvalue weighted by molar-refractivity contribution is 0.338. The molecular formula is C16H26N2O. The maximum atomic E-state index is 5.21. The fourth-order valence-corrected chi connectivity index (χ4v) is 2.73. The number of benzene rings is 1. The number of hydrogen-bond acceptors (Lipinski definition) is 3. The zero-order chi connectivity index (χ0) is 13.5. The molecule has 2 rings (SSSR count). The minimum atomic E-state index is 0.459. The summed E-state index contributed by atoms with van der Waals surface area (Å²) >= 11 is 0. The molecule has 1 aromatic rings. The van der Waals surface area contributed by atoms with Crippen LogP contribution in [-0.4, -0.2) is 26.7 Å². The number of rotatable bonds is 6. The van der Waals surface area contributed by atoms with Gasteiger partial charge in [-0.05, 0) is 62.5 Å². The third-order valence-corrected chi connectivity index (χ3v) is 4.04. The Morgan fingerprint density at radius 3 is 2.53 bits per heavy atom. The monoisotopic (exact) mass is 262 g/mol. The Morgan fingerprint density at radius 1 is 1.26 bits per heavy atom. The van der Waals surface area contributed by atoms with E-state index in [-0.39, 0.29) is 0 Å². The lowest BCUT2D eigenvalue weighted by atomic mass is 9.96. The summed E-state index contributed by atoms with van der Waals surface area (Å²) in [4.78, 5) is 0. The number of hydrogen-bond donors (Lipinski definition) is 2. The van der Waals surface area contributed by atoms with Gasteiger partial charge in [-0.15, -0.1) is 0 Å². The third kappa shape index (κ3) is 4.22. The van der Waals surface area contributed by atoms with Crippen LogP contribution >= 0.6 is 0 Å². The summed E-state index contributed by atoms with van der Waals surface area (Å²) < 4.78 is 5.21. The Hall–Kier alpha value is -1.06. The number of nitrogens with one attached hydrogen (secondary N) is 2. The average molecular weight is 262 g/mol. The van der Waals surface area contributed by atoms with Gasteiger partial charge in [-0.2, -0.15) is 0 Å². The highest BCUT2D eigenvalue weighted by Crippen LogP contribution is 2.21. The minimum Gasteiger partial charge on any atom is -0.497 e. The lowest BCUT2D eigenvalue weighted by Gasteiger charge is -2.26. The Labute approximate surface area is 116 Å². The molecule has 1 unspecified atom stereocenters. The van der Waals surface area contributed by atoms with Crippen LogP contribution in [0.4, 0.5) is 0 Å². The van der Waals surface area contributed by atoms with Crippen molar-refractivity contribution in [3.8, 4) is 5.75 Å². The van der Waals surface area contributed by atoms with Gasteiger partial charge < -0.3 is 15.4 Å². The molecule has 1 atom stereocenters. The maximum absolute atomic E-state index is 5.21. The van der Waals surface area contributed by atoms with E-state index in [1.807, 2.05) is 12.1 Å². The fraction of sp³-hybridized carbons (Fsp3) is 0.625. The molecule has 0 radical (unpaired) electrons. The normalized spacial score (nSPS) is 18.2. The average Bonchev–Trinajstić information content (AvgIpc) is 2.49. The van der Waals surface area contributed by atoms with Gasteiger partial charge in [0, 0.05) is 6.04 Å². The van der Waals surface area contributed by atoms with Crippen molar-refractivity contribution >= 4 is 0 Å². The predicted octanol–water partition coefficient (Wildman–Crippen LogP) is 2.74. The van der Waals surface area contributed by atoms with E-state index in [9.17, 15) is 0 Å². The maximum Gasteiger partial charge on any atom is 0.118 e. The first-order valence-corrected chi connectivity index (χ1v) is 7.41. The van der Waals surface area contributed by atoms with Crippen LogP contribution < -0.4 is 15.4 Å². The van der Waals surface area contributed by atoms with Crippen molar-refractivity contribution in [2.45, 2.75) is 32.2 Å². The van der Waals surface area contributed by atoms with Crippen LogP contribution in [0.25, 0.3) is 0 Å². The molecule has 0 spiro atoms. The topological polar surface area (TPSA) is 33.3 Å². The van der Waals surface area contributed by atoms with Crippen LogP contribution in [-0.2, 0) is 0 Å². The molecule has 0 amide bonds. The first kappa shape index (κ1) is 14.4. The molecular weight excluding hydrogens is 236 g/mol. The smallest absolute Gasteiger partial charge is 0.118 e. The van der Waals surface area contributed by atoms with Gasteiger partial charge in [0.1, 0.15) is 5.75 Å². The number of piperidine rings is 1. The second-order valence-electron chi connectivity index (χ2n) is 5.34. The Balaban J connectivity index is 1.87. The van der Waals surface area contributed by atoms with Crippen molar-refractivity contribution in [1.82, 2.24) is 10.6 Å². The SMILES string of the molecule is CCC(NCC1CCNCC1)c1ccc(OC)cc1. The molecule has 0 aromatic heterocycles. The van der Waals surface area contributed by atoms with Crippen molar-refractivity contribution in [2.24, 2.45) is 5.92 Å². The van der Waals surface area contributed by atoms with Gasteiger partial charge in [0.15, 0.2) is 0 Å². The molecule has 1 saturated heterocycles. The van der Waals surface area contributed by atoms with Crippen LogP contribution in [0.3, 0.4) is 0 Å². The van der Waals surface area contributed by atoms with Gasteiger partial charge in [0.25, 0.3) is 0 Å². The first-order valence-electron chi connectivity index (χ1n) is 7.41. The summed E-state index contributed by atoms with van der Waals surface area (Å²) in [5.74, 6) is 1.76. The molecule has 106 valence electrons. The van der Waals surface area contributed by atoms with Crippen molar-refractivity contribution in [1.29, 1.82) is 0 Å². The van der Waals surface area contributed by atoms with Crippen molar-refractivity contribution < 1.29 is 4.74 Å². The van der Waals surface area contributed by atoms with E-state index in [0.717, 1.165) is 24.6 Å². The number of methoxy groups -OCH3 is 1. The van der Waals surface area contributed by atoms with E-state index in [4.69, 9.17) is 4.74 Å². The summed E-state index contributed by atoms with van der Waals surface area (Å²) in [5, 5.41) is 7.14. The summed E-state index contributed by atoms with van der Waals surface area (Å²) in [5.41, 5.74) is 1.36. The minimum absolute atomic E-state index is 0.459. The summed E-state index contributed by atoms with van der Waals surface area (Å²) in [6, 6.07) is 8.89. The zero-order valence-electron chi connectivity index (χ0n) is 12.1. The highest BCUT2D eigenvalue weighted by Gasteiger charge is 2.15. The zero-order valence-corrected chi connectivity index (χ0v) is 12.1. The molecule has 0 bridgehead atoms. The number of ether oxygens (including phenoxy) is 1. The second kappa shape index (κ2) is 7.51. The van der Waals surface area contributed by atoms with E-state index in [1.54, 1.807) is 7.11 Å². The molecule has 1 aliphatic heterocycles. The van der Waals surface area contributed by atoms with E-state index in [2.05, 4.69) is 29.7 Å². The molecule has 19 heavy (non-hydrogen) atoms. The van der Waals surface area contributed by atoms with Gasteiger partial charge in [0.2, 0.25) is 0 Å². The van der Waals surface area contributed by atoms with Crippen molar-refractivity contribution in [2.75, 3.05) is 26.7 Å². The molecule has 1 fully saturated rings. The van der Waals surface area contributed by atoms with Gasteiger partial charge in [-0.25, -0.2) is 0 Å². The van der Waals surface area contributed by atoms with E-state index < -0.39 is 0 Å². The van der Waals surface area contributed by atoms with Crippen LogP contribution in [0.1, 0.15) is 37.8 Å². The van der Waals surface area contributed by atoms with Crippen LogP contribution in [0.2, 0.25) is 0 Å². The summed E-state index contributed by atoms with van der Waals surface area (Å²) in [6.07, 6.45) is 3.72. The largest absolute Gasteiger partial charge is 0.497 e. The second-order valence-corrected chi connectivity index (χ2v) is 5.34. The standard InChI is InChI=1S/C16H26N2O/c1-3-16(14-4-6-15(19-2)7-5-14)18-12-13-8-10-17-11-9-13/h4-7,13,16-18H,3,8-12H2,1-2H3. The quantitative estimate of drug-likeness (QED) is 0.827. The van der Waals surface area contributed by atoms with Gasteiger partial charge >= 0.3 is 0 Å². The third-order valence-electron chi connectivity index (χ3n) is 4.04. The lowest BCUT2D eigenvalue weighted by Crippen LogP contribution is -2.34. The fourth-order valence-electron chi connectivity index (χ4n) is 2.73. The summed E-state index contributed by atoms with van der Waals surface area (Å²) in [7, 11) is 1.71. The Kier molecular flexibility index (Phi) is 5.67. The molecule has 1 aromatic carbocycles. The van der Waals surface area contributed by atoms with Crippen molar-refractivity contribution in [3.63, 3.8) is 0 Å². The Bertz CT molecular complexity index is 358. The molecule has 3 heteroatoms. The van der Waals surface area contributed by atoms with E-state index >= 15 is 0 Å². The molecule has 0 aliphatic carbocycles. The van der Waals surface area contributed by atoms with Crippen molar-refractivity contribution in [3.05, 3.63) is 29.8 Å². The highest BCUT2D eigenvalue weighted by molar-refractivity contribution is 5.29. The molecule has 1 heterocycles. The van der Waals surface area contributed by atoms with Gasteiger partial charge in [-0.1, -0.05) is 19.1 Å². The first-order chi connectivity index (χ1) is 9.33. The molecule has 1 aliphatic rings. The van der Waals surface area contributed by atoms with Crippen LogP contribution in [0.5, 0.6) is 5.75 Å². The van der Waals surface area contributed by atoms with Gasteiger partial charge in [-0.3, -0.25) is 0 Å². The predicted molar refractivity (Wildman–Crippen MR) is 79.6 cm³/mol. The van der Waals surface area contributed by atoms with E-state index in [0.29, 0.717) is 6.04 Å². The van der Waals surface area contributed by atoms with Crippen LogP contribution in [0.15, 0.2) is 24.3 Å². The van der Waals surface area contributed by atoms with E-state index in [1.165, 1.54) is 31.5 Å². The molecule has 3 nitrogen and oxygen atoms in total.